The number of nitrogens with zero attached hydrogens (tertiary/aromatic N) is 16. The van der Waals surface area contributed by atoms with Gasteiger partial charge < -0.3 is 94.6 Å². The number of piperidine rings is 3. The summed E-state index contributed by atoms with van der Waals surface area (Å²) in [4.78, 5) is 164. The molecule has 0 saturated carbocycles. The fourth-order valence-electron chi connectivity index (χ4n) is 12.1. The number of piperazine rings is 1. The molecule has 5 aliphatic rings. The minimum atomic E-state index is -1.09. The Hall–Kier alpha value is -11.7. The molecule has 0 radical (unpaired) electrons. The number of nitrogens with one attached hydrogen (secondary N) is 3. The molecule has 1 atom stereocenters. The van der Waals surface area contributed by atoms with Crippen LogP contribution in [0, 0.1) is 17.8 Å². The number of hydrogen-bond acceptors (Lipinski definition) is 30. The second kappa shape index (κ2) is 42.6. The molecule has 39 heteroatoms. The summed E-state index contributed by atoms with van der Waals surface area (Å²) in [6.07, 6.45) is 12.1. The smallest absolute Gasteiger partial charge is 0.410 e. The first-order valence-corrected chi connectivity index (χ1v) is 38.4. The zero-order chi connectivity index (χ0) is 85.9. The number of anilines is 5. The lowest BCUT2D eigenvalue weighted by Crippen LogP contribution is -2.50. The van der Waals surface area contributed by atoms with Crippen molar-refractivity contribution in [1.82, 2.24) is 70.3 Å². The van der Waals surface area contributed by atoms with Crippen LogP contribution in [0.3, 0.4) is 0 Å². The number of aromatic carboxylic acids is 5. The van der Waals surface area contributed by atoms with E-state index < -0.39 is 70.0 Å². The van der Waals surface area contributed by atoms with Gasteiger partial charge in [0.05, 0.1) is 0 Å². The lowest BCUT2D eigenvalue weighted by molar-refractivity contribution is -0.155. The van der Waals surface area contributed by atoms with Crippen LogP contribution >= 0.6 is 0 Å². The minimum absolute atomic E-state index is 0.00653. The highest BCUT2D eigenvalue weighted by atomic mass is 16.6. The van der Waals surface area contributed by atoms with Crippen molar-refractivity contribution in [3.63, 3.8) is 0 Å². The third-order valence-corrected chi connectivity index (χ3v) is 17.7. The summed E-state index contributed by atoms with van der Waals surface area (Å²) in [5.41, 5.74) is -2.58. The molecule has 10 rings (SSSR count). The summed E-state index contributed by atoms with van der Waals surface area (Å²) in [7, 11) is 0. The van der Waals surface area contributed by atoms with Crippen LogP contribution in [-0.4, -0.2) is 271 Å². The second-order valence-corrected chi connectivity index (χ2v) is 33.1. The van der Waals surface area contributed by atoms with Crippen molar-refractivity contribution in [1.29, 1.82) is 0 Å². The van der Waals surface area contributed by atoms with E-state index in [1.54, 1.807) is 9.80 Å². The van der Waals surface area contributed by atoms with E-state index in [1.165, 1.54) is 62.0 Å². The van der Waals surface area contributed by atoms with Gasteiger partial charge in [-0.15, -0.1) is 0 Å². The molecular formula is C77H113N19O20. The molecule has 5 fully saturated rings. The van der Waals surface area contributed by atoms with Crippen LogP contribution in [0.15, 0.2) is 62.0 Å². The Morgan fingerprint density at radius 3 is 1.10 bits per heavy atom. The fraction of sp³-hybridized carbons (Fsp3) is 0.610. The number of carboxylic acid groups (broad SMARTS) is 5. The second-order valence-electron chi connectivity index (χ2n) is 33.1. The lowest BCUT2D eigenvalue weighted by Gasteiger charge is -2.36. The van der Waals surface area contributed by atoms with E-state index in [9.17, 15) is 47.9 Å². The predicted octanol–water partition coefficient (Wildman–Crippen LogP) is 9.17. The molecule has 0 spiro atoms. The van der Waals surface area contributed by atoms with E-state index in [0.29, 0.717) is 119 Å². The first kappa shape index (κ1) is 93.2. The van der Waals surface area contributed by atoms with Crippen molar-refractivity contribution in [3.05, 3.63) is 90.4 Å². The average Bonchev–Trinajstić information content (AvgIpc) is 1.71. The number of rotatable bonds is 18. The number of carbonyl (C=O) groups excluding carboxylic acids is 5. The molecule has 39 nitrogen and oxygen atoms in total. The SMILES string of the molecule is CC(C)(C)OC(=O)CCC1CCN(c2cc(C(=O)O)ncn2)CC1.CC(C)(C)OC(=O)N1CCC(CNc2cc(C(=O)O)ncn2)CC1.CC(C)(C)OC(=O)N1CCN(c2cc(C(=O)O)ncn2)CC1.CC(C)(C)OC(=O)NC1CCN(c2cc(C(=O)O)ncn2)CC1.CC(C)(C)OC(=O)NC[C@H]1CCN(c2cc(C(=O)O)ncn2)C1. The molecule has 116 heavy (non-hydrogen) atoms. The predicted molar refractivity (Wildman–Crippen MR) is 423 cm³/mol. The Morgan fingerprint density at radius 1 is 0.362 bits per heavy atom. The molecule has 10 heterocycles. The molecule has 4 amide bonds. The molecular weight excluding hydrogens is 1510 g/mol. The maximum atomic E-state index is 12.0. The van der Waals surface area contributed by atoms with E-state index in [1.807, 2.05) is 119 Å². The number of alkyl carbamates (subject to hydrolysis) is 2. The molecule has 8 N–H and O–H groups in total. The molecule has 0 unspecified atom stereocenters. The third kappa shape index (κ3) is 34.2. The van der Waals surface area contributed by atoms with Crippen molar-refractivity contribution < 1.29 is 97.2 Å². The molecule has 5 aliphatic heterocycles. The molecule has 0 bridgehead atoms. The van der Waals surface area contributed by atoms with Crippen LogP contribution < -0.4 is 35.6 Å². The van der Waals surface area contributed by atoms with Gasteiger partial charge in [-0.1, -0.05) is 0 Å². The zero-order valence-electron chi connectivity index (χ0n) is 68.9. The highest BCUT2D eigenvalue weighted by Crippen LogP contribution is 2.28. The number of amides is 4. The van der Waals surface area contributed by atoms with Gasteiger partial charge >= 0.3 is 60.2 Å². The standard InChI is InChI=1S/C17H25N3O4.C16H24N4O4.2C15H22N4O4.C14H20N4O4/c1-17(2,3)24-15(21)5-4-12-6-8-20(9-7-12)14-10-13(16(22)23)18-11-19-14;1-16(2,3)24-15(23)20-6-4-11(5-7-20)9-17-13-8-12(14(21)22)18-10-19-13;1-15(2,3)23-14(22)18-10-4-6-19(7-5-10)12-8-11(13(20)21)16-9-17-12;1-15(2,3)23-14(22)16-7-10-4-5-19(8-10)12-6-11(13(20)21)17-9-18-12;1-14(2,3)22-13(21)18-6-4-17(5-7-18)11-8-10(12(19)20)15-9-16-11/h10-12H,4-9H2,1-3H3,(H,22,23);8,10-11H,4-7,9H2,1-3H3,(H,21,22)(H,17,18,19);8-10H,4-7H2,1-3H3,(H,18,22)(H,20,21);6,9-10H,4-5,7-8H2,1-3H3,(H,16,22)(H,20,21);8-9H,4-7H2,1-3H3,(H,19,20)/t;;;10-;/m...1./s1. The average molecular weight is 1620 g/mol. The summed E-state index contributed by atoms with van der Waals surface area (Å²) in [5.74, 6) is -1.48. The fourth-order valence-corrected chi connectivity index (χ4v) is 12.1. The monoisotopic (exact) mass is 1620 g/mol. The van der Waals surface area contributed by atoms with E-state index in [-0.39, 0.29) is 58.6 Å². The van der Waals surface area contributed by atoms with Crippen LogP contribution in [0.25, 0.3) is 0 Å². The van der Waals surface area contributed by atoms with E-state index in [0.717, 1.165) is 71.0 Å². The summed E-state index contributed by atoms with van der Waals surface area (Å²) in [6.45, 7) is 36.7. The lowest BCUT2D eigenvalue weighted by atomic mass is 9.92. The molecule has 636 valence electrons. The Balaban J connectivity index is 0.000000225. The first-order chi connectivity index (χ1) is 54.2. The van der Waals surface area contributed by atoms with Crippen LogP contribution in [0.2, 0.25) is 0 Å². The summed E-state index contributed by atoms with van der Waals surface area (Å²) < 4.78 is 26.5. The van der Waals surface area contributed by atoms with Crippen LogP contribution in [0.4, 0.5) is 48.3 Å². The van der Waals surface area contributed by atoms with Gasteiger partial charge in [-0.3, -0.25) is 4.79 Å². The number of hydrogen-bond donors (Lipinski definition) is 8. The van der Waals surface area contributed by atoms with Crippen molar-refractivity contribution in [2.45, 2.75) is 196 Å². The Kier molecular flexibility index (Phi) is 34.2. The normalized spacial score (nSPS) is 16.3. The van der Waals surface area contributed by atoms with Gasteiger partial charge in [-0.2, -0.15) is 0 Å². The van der Waals surface area contributed by atoms with Crippen LogP contribution in [0.5, 0.6) is 0 Å². The summed E-state index contributed by atoms with van der Waals surface area (Å²) in [6, 6.07) is 7.32. The number of esters is 1. The van der Waals surface area contributed by atoms with Gasteiger partial charge in [0.1, 0.15) is 88.7 Å². The highest BCUT2D eigenvalue weighted by Gasteiger charge is 2.32. The van der Waals surface area contributed by atoms with Gasteiger partial charge in [0, 0.05) is 134 Å². The number of likely N-dealkylation sites (tertiary alicyclic amines) is 1. The van der Waals surface area contributed by atoms with E-state index >= 15 is 0 Å². The Labute approximate surface area is 674 Å². The number of aromatic nitrogens is 10. The van der Waals surface area contributed by atoms with Gasteiger partial charge in [0.15, 0.2) is 28.5 Å². The molecule has 0 aliphatic carbocycles. The maximum Gasteiger partial charge on any atom is 0.410 e. The van der Waals surface area contributed by atoms with E-state index in [4.69, 9.17) is 49.2 Å². The first-order valence-electron chi connectivity index (χ1n) is 38.4. The van der Waals surface area contributed by atoms with Gasteiger partial charge in [0.2, 0.25) is 0 Å². The molecule has 5 aromatic rings. The molecule has 5 aromatic heterocycles. The number of carbonyl (C=O) groups is 10. The van der Waals surface area contributed by atoms with Crippen molar-refractivity contribution in [2.75, 3.05) is 117 Å². The maximum absolute atomic E-state index is 12.0. The molecule has 5 saturated heterocycles. The van der Waals surface area contributed by atoms with Crippen LogP contribution in [0.1, 0.15) is 214 Å². The number of ether oxygens (including phenoxy) is 5. The van der Waals surface area contributed by atoms with E-state index in [2.05, 4.69) is 70.7 Å². The van der Waals surface area contributed by atoms with Gasteiger partial charge in [-0.05, 0) is 173 Å². The largest absolute Gasteiger partial charge is 0.477 e. The van der Waals surface area contributed by atoms with Crippen LogP contribution in [-0.2, 0) is 28.5 Å². The minimum Gasteiger partial charge on any atom is -0.477 e. The Bertz CT molecular complexity index is 4060. The Morgan fingerprint density at radius 2 is 0.698 bits per heavy atom. The quantitative estimate of drug-likeness (QED) is 0.0299. The topological polar surface area (TPSA) is 502 Å². The molecule has 0 aromatic carbocycles. The van der Waals surface area contributed by atoms with Crippen molar-refractivity contribution in [2.24, 2.45) is 17.8 Å². The number of carboxylic acids is 5. The van der Waals surface area contributed by atoms with Crippen molar-refractivity contribution >= 4 is 89.3 Å². The third-order valence-electron chi connectivity index (χ3n) is 17.7. The van der Waals surface area contributed by atoms with Crippen molar-refractivity contribution in [3.8, 4) is 0 Å². The zero-order valence-corrected chi connectivity index (χ0v) is 68.9. The van der Waals surface area contributed by atoms with Gasteiger partial charge in [0.25, 0.3) is 0 Å². The van der Waals surface area contributed by atoms with Gasteiger partial charge in [-0.25, -0.2) is 93.0 Å². The summed E-state index contributed by atoms with van der Waals surface area (Å²) >= 11 is 0. The highest BCUT2D eigenvalue weighted by molar-refractivity contribution is 5.88. The summed E-state index contributed by atoms with van der Waals surface area (Å²) in [5, 5.41) is 53.6.